The first-order chi connectivity index (χ1) is 15.1. The molecule has 160 valence electrons. The predicted octanol–water partition coefficient (Wildman–Crippen LogP) is 4.35. The molecule has 0 spiro atoms. The maximum atomic E-state index is 12.6. The fraction of sp³-hybridized carbons (Fsp3) is 0.238. The van der Waals surface area contributed by atoms with Crippen LogP contribution in [0.1, 0.15) is 6.42 Å². The lowest BCUT2D eigenvalue weighted by atomic mass is 10.1. The van der Waals surface area contributed by atoms with Crippen LogP contribution in [0.4, 0.5) is 10.8 Å². The Morgan fingerprint density at radius 2 is 1.97 bits per heavy atom. The van der Waals surface area contributed by atoms with Crippen molar-refractivity contribution in [1.82, 2.24) is 10.2 Å². The third-order valence-electron chi connectivity index (χ3n) is 4.59. The summed E-state index contributed by atoms with van der Waals surface area (Å²) in [7, 11) is 0. The van der Waals surface area contributed by atoms with Crippen LogP contribution in [-0.4, -0.2) is 40.9 Å². The number of amides is 2. The molecular weight excluding hydrogens is 456 g/mol. The minimum absolute atomic E-state index is 0.0885. The summed E-state index contributed by atoms with van der Waals surface area (Å²) < 4.78 is 6.40. The van der Waals surface area contributed by atoms with Crippen LogP contribution in [0.15, 0.2) is 58.9 Å². The van der Waals surface area contributed by atoms with E-state index in [0.717, 1.165) is 15.8 Å². The Balaban J connectivity index is 1.25. The van der Waals surface area contributed by atoms with E-state index in [1.807, 2.05) is 30.3 Å². The van der Waals surface area contributed by atoms with Gasteiger partial charge in [-0.2, -0.15) is 0 Å². The van der Waals surface area contributed by atoms with Crippen molar-refractivity contribution >= 4 is 57.3 Å². The van der Waals surface area contributed by atoms with Crippen LogP contribution in [0.2, 0.25) is 5.02 Å². The number of hydrogen-bond acceptors (Lipinski definition) is 7. The van der Waals surface area contributed by atoms with Gasteiger partial charge < -0.3 is 15.0 Å². The molecule has 1 aliphatic rings. The Labute approximate surface area is 192 Å². The average Bonchev–Trinajstić information content (AvgIpc) is 3.39. The fourth-order valence-corrected chi connectivity index (χ4v) is 4.85. The first kappa shape index (κ1) is 21.6. The molecule has 1 atom stereocenters. The lowest BCUT2D eigenvalue weighted by Gasteiger charge is -2.16. The van der Waals surface area contributed by atoms with Gasteiger partial charge in [0.05, 0.1) is 12.5 Å². The van der Waals surface area contributed by atoms with Gasteiger partial charge in [-0.15, -0.1) is 10.2 Å². The summed E-state index contributed by atoms with van der Waals surface area (Å²) in [5.74, 6) is 0.777. The van der Waals surface area contributed by atoms with Gasteiger partial charge in [0, 0.05) is 29.4 Å². The Morgan fingerprint density at radius 3 is 2.74 bits per heavy atom. The summed E-state index contributed by atoms with van der Waals surface area (Å²) in [6.07, 6.45) is 0.158. The van der Waals surface area contributed by atoms with Crippen molar-refractivity contribution in [3.8, 4) is 5.75 Å². The molecule has 31 heavy (non-hydrogen) atoms. The molecule has 2 aromatic carbocycles. The highest BCUT2D eigenvalue weighted by Crippen LogP contribution is 2.29. The number of nitrogens with one attached hydrogen (secondary N) is 1. The van der Waals surface area contributed by atoms with Gasteiger partial charge in [-0.25, -0.2) is 0 Å². The van der Waals surface area contributed by atoms with Gasteiger partial charge in [0.1, 0.15) is 5.75 Å². The molecule has 1 fully saturated rings. The summed E-state index contributed by atoms with van der Waals surface area (Å²) >= 11 is 8.73. The molecule has 0 radical (unpaired) electrons. The second-order valence-electron chi connectivity index (χ2n) is 6.75. The van der Waals surface area contributed by atoms with Gasteiger partial charge in [-0.1, -0.05) is 52.9 Å². The Kier molecular flexibility index (Phi) is 7.06. The van der Waals surface area contributed by atoms with E-state index in [0.29, 0.717) is 29.1 Å². The average molecular weight is 475 g/mol. The zero-order valence-corrected chi connectivity index (χ0v) is 18.8. The number of anilines is 2. The highest BCUT2D eigenvalue weighted by molar-refractivity contribution is 8.01. The first-order valence-electron chi connectivity index (χ1n) is 9.59. The number of para-hydroxylation sites is 1. The van der Waals surface area contributed by atoms with Crippen LogP contribution in [0.3, 0.4) is 0 Å². The number of ether oxygens (including phenoxy) is 1. The SMILES string of the molecule is O=C(Nc1nnc(SCCOc2ccccc2)s1)C1CC(=O)N(c2ccc(Cl)cc2)C1. The molecule has 7 nitrogen and oxygen atoms in total. The van der Waals surface area contributed by atoms with Crippen LogP contribution in [-0.2, 0) is 9.59 Å². The molecule has 1 unspecified atom stereocenters. The smallest absolute Gasteiger partial charge is 0.231 e. The van der Waals surface area contributed by atoms with E-state index in [9.17, 15) is 9.59 Å². The largest absolute Gasteiger partial charge is 0.493 e. The number of nitrogens with zero attached hydrogens (tertiary/aromatic N) is 3. The van der Waals surface area contributed by atoms with E-state index >= 15 is 0 Å². The van der Waals surface area contributed by atoms with Gasteiger partial charge in [0.2, 0.25) is 16.9 Å². The number of hydrogen-bond donors (Lipinski definition) is 1. The number of halogens is 1. The van der Waals surface area contributed by atoms with E-state index in [1.54, 1.807) is 29.2 Å². The van der Waals surface area contributed by atoms with Crippen LogP contribution >= 0.6 is 34.7 Å². The number of thioether (sulfide) groups is 1. The molecule has 0 bridgehead atoms. The zero-order chi connectivity index (χ0) is 21.6. The molecule has 2 heterocycles. The molecule has 1 aromatic heterocycles. The minimum atomic E-state index is -0.442. The third kappa shape index (κ3) is 5.75. The second kappa shape index (κ2) is 10.1. The van der Waals surface area contributed by atoms with Crippen molar-refractivity contribution in [3.05, 3.63) is 59.6 Å². The van der Waals surface area contributed by atoms with Crippen molar-refractivity contribution in [2.75, 3.05) is 29.1 Å². The molecule has 0 saturated carbocycles. The van der Waals surface area contributed by atoms with Crippen molar-refractivity contribution in [1.29, 1.82) is 0 Å². The summed E-state index contributed by atoms with van der Waals surface area (Å²) in [6, 6.07) is 16.6. The quantitative estimate of drug-likeness (QED) is 0.297. The van der Waals surface area contributed by atoms with Crippen molar-refractivity contribution < 1.29 is 14.3 Å². The van der Waals surface area contributed by atoms with E-state index in [-0.39, 0.29) is 18.2 Å². The fourth-order valence-electron chi connectivity index (χ4n) is 3.09. The van der Waals surface area contributed by atoms with Crippen molar-refractivity contribution in [2.45, 2.75) is 10.8 Å². The Morgan fingerprint density at radius 1 is 1.19 bits per heavy atom. The Hall–Kier alpha value is -2.62. The number of carbonyl (C=O) groups excluding carboxylic acids is 2. The normalized spacial score (nSPS) is 15.8. The van der Waals surface area contributed by atoms with E-state index in [4.69, 9.17) is 16.3 Å². The minimum Gasteiger partial charge on any atom is -0.493 e. The van der Waals surface area contributed by atoms with Crippen LogP contribution in [0.25, 0.3) is 0 Å². The topological polar surface area (TPSA) is 84.4 Å². The molecule has 0 aliphatic carbocycles. The molecule has 1 N–H and O–H groups in total. The molecule has 3 aromatic rings. The second-order valence-corrected chi connectivity index (χ2v) is 9.51. The number of aromatic nitrogens is 2. The number of rotatable bonds is 8. The molecule has 1 aliphatic heterocycles. The van der Waals surface area contributed by atoms with E-state index in [2.05, 4.69) is 15.5 Å². The highest BCUT2D eigenvalue weighted by atomic mass is 35.5. The van der Waals surface area contributed by atoms with Crippen LogP contribution in [0.5, 0.6) is 5.75 Å². The maximum absolute atomic E-state index is 12.6. The number of carbonyl (C=O) groups is 2. The number of benzene rings is 2. The van der Waals surface area contributed by atoms with Gasteiger partial charge in [-0.05, 0) is 36.4 Å². The van der Waals surface area contributed by atoms with Gasteiger partial charge in [0.25, 0.3) is 0 Å². The molecule has 10 heteroatoms. The van der Waals surface area contributed by atoms with Crippen molar-refractivity contribution in [3.63, 3.8) is 0 Å². The molecule has 4 rings (SSSR count). The lowest BCUT2D eigenvalue weighted by molar-refractivity contribution is -0.122. The molecular formula is C21H19ClN4O3S2. The maximum Gasteiger partial charge on any atom is 0.231 e. The molecule has 1 saturated heterocycles. The van der Waals surface area contributed by atoms with Crippen LogP contribution < -0.4 is 15.0 Å². The van der Waals surface area contributed by atoms with Gasteiger partial charge in [-0.3, -0.25) is 9.59 Å². The van der Waals surface area contributed by atoms with Crippen LogP contribution in [0, 0.1) is 5.92 Å². The standard InChI is InChI=1S/C21H19ClN4O3S2/c22-15-6-8-16(9-7-15)26-13-14(12-18(26)27)19(28)23-20-24-25-21(31-20)30-11-10-29-17-4-2-1-3-5-17/h1-9,14H,10-13H2,(H,23,24,28). The lowest BCUT2D eigenvalue weighted by Crippen LogP contribution is -2.28. The van der Waals surface area contributed by atoms with Crippen molar-refractivity contribution in [2.24, 2.45) is 5.92 Å². The zero-order valence-electron chi connectivity index (χ0n) is 16.4. The summed E-state index contributed by atoms with van der Waals surface area (Å²) in [5, 5.41) is 11.9. The van der Waals surface area contributed by atoms with E-state index < -0.39 is 5.92 Å². The monoisotopic (exact) mass is 474 g/mol. The first-order valence-corrected chi connectivity index (χ1v) is 11.8. The summed E-state index contributed by atoms with van der Waals surface area (Å²) in [6.45, 7) is 0.865. The third-order valence-corrected chi connectivity index (χ3v) is 6.78. The van der Waals surface area contributed by atoms with Gasteiger partial charge in [0.15, 0.2) is 4.34 Å². The molecule has 2 amide bonds. The summed E-state index contributed by atoms with van der Waals surface area (Å²) in [4.78, 5) is 26.6. The Bertz CT molecular complexity index is 1050. The van der Waals surface area contributed by atoms with Gasteiger partial charge >= 0.3 is 0 Å². The highest BCUT2D eigenvalue weighted by Gasteiger charge is 2.35. The predicted molar refractivity (Wildman–Crippen MR) is 123 cm³/mol. The summed E-state index contributed by atoms with van der Waals surface area (Å²) in [5.41, 5.74) is 0.733. The van der Waals surface area contributed by atoms with E-state index in [1.165, 1.54) is 23.1 Å².